The molecule has 0 bridgehead atoms. The molecule has 3 N–H and O–H groups in total. The number of nitrogens with one attached hydrogen (secondary N) is 2. The molecule has 0 saturated heterocycles. The van der Waals surface area contributed by atoms with Crippen LogP contribution in [0.5, 0.6) is 0 Å². The van der Waals surface area contributed by atoms with Gasteiger partial charge in [-0.05, 0) is 67.2 Å². The highest BCUT2D eigenvalue weighted by molar-refractivity contribution is 7.99. The molecule has 4 aromatic rings. The zero-order valence-electron chi connectivity index (χ0n) is 23.3. The van der Waals surface area contributed by atoms with Crippen LogP contribution in [0, 0.1) is 18.8 Å². The molecule has 0 aliphatic rings. The number of anilines is 1. The average molecular weight is 600 g/mol. The highest BCUT2D eigenvalue weighted by Gasteiger charge is 2.15. The molecule has 1 atom stereocenters. The van der Waals surface area contributed by atoms with Crippen molar-refractivity contribution < 1.29 is 32.9 Å². The zero-order chi connectivity index (χ0) is 30.8. The minimum Gasteiger partial charge on any atom is -0.463 e. The SMILES string of the molecule is C=S(=O)(NC(=O)c1cncc(C#Cc2cccc(NC(=O)c3occc3C)c2)c1)c1ccc(CCC(=O)OCCO)cc1. The van der Waals surface area contributed by atoms with E-state index >= 15 is 0 Å². The number of aromatic nitrogens is 1. The van der Waals surface area contributed by atoms with Crippen LogP contribution in [0.15, 0.2) is 88.6 Å². The van der Waals surface area contributed by atoms with Crippen molar-refractivity contribution >= 4 is 39.0 Å². The Hall–Kier alpha value is -5.18. The van der Waals surface area contributed by atoms with Gasteiger partial charge in [-0.3, -0.25) is 24.1 Å². The van der Waals surface area contributed by atoms with E-state index in [1.165, 1.54) is 24.7 Å². The van der Waals surface area contributed by atoms with Gasteiger partial charge in [-0.25, -0.2) is 4.21 Å². The van der Waals surface area contributed by atoms with Crippen LogP contribution in [0.2, 0.25) is 0 Å². The molecule has 10 nitrogen and oxygen atoms in total. The third-order valence-electron chi connectivity index (χ3n) is 6.07. The second kappa shape index (κ2) is 14.1. The Morgan fingerprint density at radius 1 is 1.02 bits per heavy atom. The highest BCUT2D eigenvalue weighted by atomic mass is 32.2. The van der Waals surface area contributed by atoms with Gasteiger partial charge in [0.25, 0.3) is 11.8 Å². The number of carbonyl (C=O) groups is 3. The number of aryl methyl sites for hydroxylation is 2. The molecule has 0 spiro atoms. The van der Waals surface area contributed by atoms with Crippen LogP contribution in [-0.2, 0) is 25.7 Å². The molecule has 0 saturated carbocycles. The van der Waals surface area contributed by atoms with Gasteiger partial charge in [0.05, 0.1) is 28.1 Å². The maximum Gasteiger partial charge on any atom is 0.306 e. The molecule has 4 rings (SSSR count). The van der Waals surface area contributed by atoms with E-state index in [0.29, 0.717) is 28.1 Å². The lowest BCUT2D eigenvalue weighted by Crippen LogP contribution is -2.30. The average Bonchev–Trinajstić information content (AvgIpc) is 3.44. The van der Waals surface area contributed by atoms with E-state index in [2.05, 4.69) is 32.7 Å². The number of esters is 1. The Balaban J connectivity index is 1.39. The van der Waals surface area contributed by atoms with Crippen molar-refractivity contribution in [2.24, 2.45) is 0 Å². The molecule has 2 amide bonds. The summed E-state index contributed by atoms with van der Waals surface area (Å²) < 4.78 is 25.8. The fourth-order valence-corrected chi connectivity index (χ4v) is 4.98. The van der Waals surface area contributed by atoms with E-state index in [9.17, 15) is 18.6 Å². The van der Waals surface area contributed by atoms with Crippen molar-refractivity contribution in [1.82, 2.24) is 9.71 Å². The van der Waals surface area contributed by atoms with Crippen molar-refractivity contribution in [2.45, 2.75) is 24.7 Å². The first-order chi connectivity index (χ1) is 20.6. The van der Waals surface area contributed by atoms with Crippen LogP contribution in [0.25, 0.3) is 0 Å². The number of benzene rings is 2. The van der Waals surface area contributed by atoms with Gasteiger partial charge in [0, 0.05) is 46.1 Å². The van der Waals surface area contributed by atoms with Crippen LogP contribution in [0.3, 0.4) is 0 Å². The molecule has 220 valence electrons. The number of hydrogen-bond acceptors (Lipinski definition) is 8. The Morgan fingerprint density at radius 2 is 1.79 bits per heavy atom. The van der Waals surface area contributed by atoms with E-state index in [1.54, 1.807) is 61.5 Å². The Kier molecular flexibility index (Phi) is 10.1. The minimum absolute atomic E-state index is 0.0474. The molecule has 0 fully saturated rings. The molecule has 0 aliphatic carbocycles. The van der Waals surface area contributed by atoms with Crippen LogP contribution >= 0.6 is 0 Å². The van der Waals surface area contributed by atoms with Gasteiger partial charge >= 0.3 is 5.97 Å². The van der Waals surface area contributed by atoms with Gasteiger partial charge in [0.2, 0.25) is 0 Å². The van der Waals surface area contributed by atoms with Crippen LogP contribution in [-0.4, -0.2) is 51.2 Å². The molecule has 0 radical (unpaired) electrons. The number of hydrogen-bond donors (Lipinski definition) is 3. The standard InChI is InChI=1S/C32H29N3O7S/c1-22-14-16-42-30(22)32(39)34-27-5-3-4-24(19-27)6-7-25-18-26(21-33-20-25)31(38)35-43(2,40)28-11-8-23(9-12-28)10-13-29(37)41-17-15-36/h3-5,8-9,11-12,14,16,18-21,36H,2,10,13,15,17H2,1H3,(H,34,39)(H,35,38,40). The molecule has 43 heavy (non-hydrogen) atoms. The number of rotatable bonds is 10. The largest absolute Gasteiger partial charge is 0.463 e. The number of amides is 2. The second-order valence-corrected chi connectivity index (χ2v) is 11.4. The summed E-state index contributed by atoms with van der Waals surface area (Å²) in [6.45, 7) is 1.50. The van der Waals surface area contributed by atoms with Gasteiger partial charge in [0.15, 0.2) is 5.76 Å². The third kappa shape index (κ3) is 8.65. The summed E-state index contributed by atoms with van der Waals surface area (Å²) in [6.07, 6.45) is 4.82. The fourth-order valence-electron chi connectivity index (χ4n) is 3.87. The second-order valence-electron chi connectivity index (χ2n) is 9.37. The summed E-state index contributed by atoms with van der Waals surface area (Å²) in [6, 6.07) is 16.7. The number of carbonyl (C=O) groups excluding carboxylic acids is 3. The first-order valence-electron chi connectivity index (χ1n) is 13.1. The van der Waals surface area contributed by atoms with E-state index in [-0.39, 0.29) is 36.9 Å². The van der Waals surface area contributed by atoms with Crippen LogP contribution < -0.4 is 10.0 Å². The molecular weight excluding hydrogens is 570 g/mol. The quantitative estimate of drug-likeness (QED) is 0.143. The molecule has 2 heterocycles. The highest BCUT2D eigenvalue weighted by Crippen LogP contribution is 2.16. The Labute approximate surface area is 249 Å². The normalized spacial score (nSPS) is 11.9. The van der Waals surface area contributed by atoms with Crippen molar-refractivity contribution in [3.63, 3.8) is 0 Å². The van der Waals surface area contributed by atoms with Crippen molar-refractivity contribution in [1.29, 1.82) is 0 Å². The van der Waals surface area contributed by atoms with Gasteiger partial charge in [0.1, 0.15) is 6.61 Å². The molecule has 1 unspecified atom stereocenters. The predicted molar refractivity (Wildman–Crippen MR) is 162 cm³/mol. The first-order valence-corrected chi connectivity index (χ1v) is 14.8. The zero-order valence-corrected chi connectivity index (χ0v) is 24.1. The lowest BCUT2D eigenvalue weighted by molar-refractivity contribution is -0.144. The van der Waals surface area contributed by atoms with Crippen molar-refractivity contribution in [2.75, 3.05) is 18.5 Å². The Bertz CT molecular complexity index is 1800. The summed E-state index contributed by atoms with van der Waals surface area (Å²) in [7, 11) is -3.19. The maximum absolute atomic E-state index is 13.2. The lowest BCUT2D eigenvalue weighted by Gasteiger charge is -2.12. The number of ether oxygens (including phenoxy) is 1. The van der Waals surface area contributed by atoms with E-state index < -0.39 is 21.6 Å². The molecular formula is C32H29N3O7S. The lowest BCUT2D eigenvalue weighted by atomic mass is 10.1. The molecule has 2 aromatic carbocycles. The number of nitrogens with zero attached hydrogens (tertiary/aromatic N) is 1. The topological polar surface area (TPSA) is 148 Å². The van der Waals surface area contributed by atoms with Gasteiger partial charge in [-0.15, -0.1) is 0 Å². The van der Waals surface area contributed by atoms with Crippen LogP contribution in [0.1, 0.15) is 49.6 Å². The Morgan fingerprint density at radius 3 is 2.51 bits per heavy atom. The molecule has 11 heteroatoms. The number of furan rings is 1. The van der Waals surface area contributed by atoms with Crippen LogP contribution in [0.4, 0.5) is 5.69 Å². The number of aliphatic hydroxyl groups excluding tert-OH is 1. The van der Waals surface area contributed by atoms with Crippen molar-refractivity contribution in [3.05, 3.63) is 113 Å². The third-order valence-corrected chi connectivity index (χ3v) is 7.62. The van der Waals surface area contributed by atoms with Gasteiger partial charge in [-0.1, -0.05) is 30.0 Å². The van der Waals surface area contributed by atoms with E-state index in [1.807, 2.05) is 0 Å². The van der Waals surface area contributed by atoms with E-state index in [4.69, 9.17) is 14.3 Å². The molecule has 0 aliphatic heterocycles. The van der Waals surface area contributed by atoms with Gasteiger partial charge < -0.3 is 19.6 Å². The summed E-state index contributed by atoms with van der Waals surface area (Å²) in [4.78, 5) is 41.4. The number of aliphatic hydroxyl groups is 1. The fraction of sp³-hybridized carbons (Fsp3) is 0.156. The van der Waals surface area contributed by atoms with Crippen molar-refractivity contribution in [3.8, 4) is 11.8 Å². The predicted octanol–water partition coefficient (Wildman–Crippen LogP) is 3.52. The maximum atomic E-state index is 13.2. The molecule has 2 aromatic heterocycles. The smallest absolute Gasteiger partial charge is 0.306 e. The summed E-state index contributed by atoms with van der Waals surface area (Å²) in [5.41, 5.74) is 3.29. The summed E-state index contributed by atoms with van der Waals surface area (Å²) in [5, 5.41) is 11.5. The number of pyridine rings is 1. The monoisotopic (exact) mass is 599 g/mol. The first kappa shape index (κ1) is 30.8. The van der Waals surface area contributed by atoms with E-state index in [0.717, 1.165) is 11.1 Å². The minimum atomic E-state index is -3.19. The summed E-state index contributed by atoms with van der Waals surface area (Å²) >= 11 is 0. The van der Waals surface area contributed by atoms with Gasteiger partial charge in [-0.2, -0.15) is 0 Å². The summed E-state index contributed by atoms with van der Waals surface area (Å²) in [5.74, 6) is 8.44.